The van der Waals surface area contributed by atoms with E-state index in [1.165, 1.54) is 0 Å². The molecular weight excluding hydrogens is 304 g/mol. The van der Waals surface area contributed by atoms with Gasteiger partial charge in [-0.1, -0.05) is 13.3 Å². The summed E-state index contributed by atoms with van der Waals surface area (Å²) >= 11 is 0. The van der Waals surface area contributed by atoms with E-state index in [-0.39, 0.29) is 18.6 Å². The minimum absolute atomic E-state index is 0.0353. The Bertz CT molecular complexity index is 693. The van der Waals surface area contributed by atoms with Crippen LogP contribution in [0.4, 0.5) is 0 Å². The first kappa shape index (κ1) is 17.0. The standard InChI is InChI=1S/C19H26N2O3/c1-2-3-7-18-20-16-13-14(8-9-17(16)24-18)19(23)21-11-5-4-6-15(21)10-12-22/h8-9,13,15,22H,2-7,10-12H2,1H3. The summed E-state index contributed by atoms with van der Waals surface area (Å²) in [6, 6.07) is 5.64. The van der Waals surface area contributed by atoms with Gasteiger partial charge in [0, 0.05) is 31.2 Å². The molecule has 0 aliphatic carbocycles. The number of carbonyl (C=O) groups excluding carboxylic acids is 1. The van der Waals surface area contributed by atoms with Crippen molar-refractivity contribution >= 4 is 17.0 Å². The van der Waals surface area contributed by atoms with Crippen LogP contribution >= 0.6 is 0 Å². The maximum Gasteiger partial charge on any atom is 0.254 e. The molecule has 5 nitrogen and oxygen atoms in total. The largest absolute Gasteiger partial charge is 0.441 e. The molecule has 1 aliphatic rings. The molecule has 2 aromatic rings. The highest BCUT2D eigenvalue weighted by molar-refractivity contribution is 5.97. The van der Waals surface area contributed by atoms with E-state index in [9.17, 15) is 9.90 Å². The summed E-state index contributed by atoms with van der Waals surface area (Å²) in [6.45, 7) is 3.03. The Hall–Kier alpha value is -1.88. The van der Waals surface area contributed by atoms with Crippen molar-refractivity contribution in [3.63, 3.8) is 0 Å². The van der Waals surface area contributed by atoms with Gasteiger partial charge < -0.3 is 14.4 Å². The molecule has 2 heterocycles. The first-order valence-electron chi connectivity index (χ1n) is 9.04. The number of rotatable bonds is 6. The number of aliphatic hydroxyl groups excluding tert-OH is 1. The number of unbranched alkanes of at least 4 members (excludes halogenated alkanes) is 1. The van der Waals surface area contributed by atoms with Crippen LogP contribution in [0.3, 0.4) is 0 Å². The smallest absolute Gasteiger partial charge is 0.254 e. The van der Waals surface area contributed by atoms with Gasteiger partial charge in [-0.25, -0.2) is 4.98 Å². The lowest BCUT2D eigenvalue weighted by Crippen LogP contribution is -2.44. The summed E-state index contributed by atoms with van der Waals surface area (Å²) in [4.78, 5) is 19.3. The van der Waals surface area contributed by atoms with Gasteiger partial charge in [0.2, 0.25) is 0 Å². The Morgan fingerprint density at radius 1 is 1.42 bits per heavy atom. The molecular formula is C19H26N2O3. The van der Waals surface area contributed by atoms with Gasteiger partial charge in [0.05, 0.1) is 0 Å². The molecule has 0 spiro atoms. The molecule has 0 bridgehead atoms. The second-order valence-electron chi connectivity index (χ2n) is 6.55. The van der Waals surface area contributed by atoms with Crippen LogP contribution in [0, 0.1) is 0 Å². The van der Waals surface area contributed by atoms with Gasteiger partial charge in [-0.15, -0.1) is 0 Å². The van der Waals surface area contributed by atoms with Crippen molar-refractivity contribution in [1.82, 2.24) is 9.88 Å². The van der Waals surface area contributed by atoms with E-state index >= 15 is 0 Å². The molecule has 1 saturated heterocycles. The minimum atomic E-state index is 0.0353. The van der Waals surface area contributed by atoms with Crippen molar-refractivity contribution in [2.24, 2.45) is 0 Å². The zero-order chi connectivity index (χ0) is 16.9. The first-order chi connectivity index (χ1) is 11.7. The predicted octanol–water partition coefficient (Wildman–Crippen LogP) is 3.55. The van der Waals surface area contributed by atoms with Crippen LogP contribution in [0.2, 0.25) is 0 Å². The fraction of sp³-hybridized carbons (Fsp3) is 0.579. The van der Waals surface area contributed by atoms with Crippen molar-refractivity contribution in [2.45, 2.75) is 57.9 Å². The molecule has 1 aromatic heterocycles. The molecule has 0 saturated carbocycles. The number of piperidine rings is 1. The van der Waals surface area contributed by atoms with Crippen molar-refractivity contribution < 1.29 is 14.3 Å². The molecule has 130 valence electrons. The lowest BCUT2D eigenvalue weighted by Gasteiger charge is -2.35. The third-order valence-electron chi connectivity index (χ3n) is 4.77. The van der Waals surface area contributed by atoms with E-state index in [0.717, 1.165) is 62.1 Å². The van der Waals surface area contributed by atoms with E-state index in [2.05, 4.69) is 11.9 Å². The second-order valence-corrected chi connectivity index (χ2v) is 6.55. The second kappa shape index (κ2) is 7.79. The number of nitrogens with zero attached hydrogens (tertiary/aromatic N) is 2. The molecule has 1 N–H and O–H groups in total. The highest BCUT2D eigenvalue weighted by atomic mass is 16.3. The fourth-order valence-electron chi connectivity index (χ4n) is 3.43. The van der Waals surface area contributed by atoms with E-state index in [1.54, 1.807) is 0 Å². The summed E-state index contributed by atoms with van der Waals surface area (Å²) in [5.41, 5.74) is 2.15. The molecule has 1 unspecified atom stereocenters. The van der Waals surface area contributed by atoms with E-state index in [0.29, 0.717) is 12.0 Å². The van der Waals surface area contributed by atoms with Crippen molar-refractivity contribution in [3.05, 3.63) is 29.7 Å². The number of amides is 1. The fourth-order valence-corrected chi connectivity index (χ4v) is 3.43. The molecule has 24 heavy (non-hydrogen) atoms. The number of hydrogen-bond donors (Lipinski definition) is 1. The summed E-state index contributed by atoms with van der Waals surface area (Å²) in [6.07, 6.45) is 6.76. The highest BCUT2D eigenvalue weighted by Crippen LogP contribution is 2.24. The minimum Gasteiger partial charge on any atom is -0.441 e. The number of likely N-dealkylation sites (tertiary alicyclic amines) is 1. The average molecular weight is 330 g/mol. The Morgan fingerprint density at radius 3 is 3.08 bits per heavy atom. The zero-order valence-corrected chi connectivity index (χ0v) is 14.3. The van der Waals surface area contributed by atoms with Crippen LogP contribution < -0.4 is 0 Å². The molecule has 0 radical (unpaired) electrons. The summed E-state index contributed by atoms with van der Waals surface area (Å²) in [5, 5.41) is 9.24. The number of aryl methyl sites for hydroxylation is 1. The van der Waals surface area contributed by atoms with Crippen molar-refractivity contribution in [1.29, 1.82) is 0 Å². The maximum atomic E-state index is 12.9. The monoisotopic (exact) mass is 330 g/mol. The normalized spacial score (nSPS) is 18.2. The van der Waals surface area contributed by atoms with Gasteiger partial charge in [0.25, 0.3) is 5.91 Å². The summed E-state index contributed by atoms with van der Waals surface area (Å²) in [5.74, 6) is 0.778. The Kier molecular flexibility index (Phi) is 5.51. The topological polar surface area (TPSA) is 66.6 Å². The van der Waals surface area contributed by atoms with Gasteiger partial charge >= 0.3 is 0 Å². The van der Waals surface area contributed by atoms with Crippen LogP contribution in [-0.4, -0.2) is 40.1 Å². The Morgan fingerprint density at radius 2 is 2.29 bits per heavy atom. The van der Waals surface area contributed by atoms with Crippen LogP contribution in [0.25, 0.3) is 11.1 Å². The summed E-state index contributed by atoms with van der Waals surface area (Å²) in [7, 11) is 0. The third-order valence-corrected chi connectivity index (χ3v) is 4.77. The Balaban J connectivity index is 1.80. The average Bonchev–Trinajstić information content (AvgIpc) is 3.02. The molecule has 1 amide bonds. The molecule has 1 fully saturated rings. The van der Waals surface area contributed by atoms with Gasteiger partial charge in [-0.3, -0.25) is 4.79 Å². The van der Waals surface area contributed by atoms with Crippen molar-refractivity contribution in [3.8, 4) is 0 Å². The molecule has 1 atom stereocenters. The van der Waals surface area contributed by atoms with Gasteiger partial charge in [-0.2, -0.15) is 0 Å². The number of hydrogen-bond acceptors (Lipinski definition) is 4. The number of fused-ring (bicyclic) bond motifs is 1. The third kappa shape index (κ3) is 3.61. The highest BCUT2D eigenvalue weighted by Gasteiger charge is 2.27. The van der Waals surface area contributed by atoms with Crippen molar-refractivity contribution in [2.75, 3.05) is 13.2 Å². The lowest BCUT2D eigenvalue weighted by atomic mass is 9.98. The predicted molar refractivity (Wildman–Crippen MR) is 93.0 cm³/mol. The molecule has 5 heteroatoms. The number of oxazole rings is 1. The Labute approximate surface area is 142 Å². The number of carbonyl (C=O) groups is 1. The van der Waals surface area contributed by atoms with E-state index < -0.39 is 0 Å². The summed E-state index contributed by atoms with van der Waals surface area (Å²) < 4.78 is 5.74. The van der Waals surface area contributed by atoms with Crippen LogP contribution in [0.5, 0.6) is 0 Å². The van der Waals surface area contributed by atoms with Gasteiger partial charge in [-0.05, 0) is 50.3 Å². The van der Waals surface area contributed by atoms with Gasteiger partial charge in [0.15, 0.2) is 11.5 Å². The molecule has 3 rings (SSSR count). The molecule has 1 aliphatic heterocycles. The maximum absolute atomic E-state index is 12.9. The first-order valence-corrected chi connectivity index (χ1v) is 9.04. The zero-order valence-electron chi connectivity index (χ0n) is 14.3. The number of benzene rings is 1. The molecule has 1 aromatic carbocycles. The van der Waals surface area contributed by atoms with Crippen LogP contribution in [-0.2, 0) is 6.42 Å². The lowest BCUT2D eigenvalue weighted by molar-refractivity contribution is 0.0575. The quantitative estimate of drug-likeness (QED) is 0.879. The SMILES string of the molecule is CCCCc1nc2cc(C(=O)N3CCCCC3CCO)ccc2o1. The van der Waals surface area contributed by atoms with Gasteiger partial charge in [0.1, 0.15) is 5.52 Å². The number of aromatic nitrogens is 1. The van der Waals surface area contributed by atoms with Crippen LogP contribution in [0.1, 0.15) is 61.7 Å². The van der Waals surface area contributed by atoms with E-state index in [1.807, 2.05) is 23.1 Å². The van der Waals surface area contributed by atoms with E-state index in [4.69, 9.17) is 4.42 Å². The number of aliphatic hydroxyl groups is 1. The van der Waals surface area contributed by atoms with Crippen LogP contribution in [0.15, 0.2) is 22.6 Å².